The quantitative estimate of drug-likeness (QED) is 0.567. The molecule has 188 valence electrons. The minimum Gasteiger partial charge on any atom is -0.444 e. The Morgan fingerprint density at radius 3 is 2.11 bits per heavy atom. The molecule has 4 rings (SSSR count). The van der Waals surface area contributed by atoms with E-state index in [-0.39, 0.29) is 5.91 Å². The van der Waals surface area contributed by atoms with Gasteiger partial charge >= 0.3 is 6.09 Å². The Morgan fingerprint density at radius 2 is 1.53 bits per heavy atom. The number of rotatable bonds is 6. The molecule has 0 bridgehead atoms. The van der Waals surface area contributed by atoms with Crippen LogP contribution in [0.4, 0.5) is 10.6 Å². The molecule has 1 aliphatic heterocycles. The van der Waals surface area contributed by atoms with Crippen molar-refractivity contribution >= 4 is 17.8 Å². The molecule has 8 nitrogen and oxygen atoms in total. The Morgan fingerprint density at radius 1 is 0.889 bits per heavy atom. The van der Waals surface area contributed by atoms with E-state index in [1.54, 1.807) is 25.7 Å². The van der Waals surface area contributed by atoms with E-state index >= 15 is 0 Å². The Hall–Kier alpha value is -3.94. The van der Waals surface area contributed by atoms with Crippen molar-refractivity contribution in [3.05, 3.63) is 78.4 Å². The summed E-state index contributed by atoms with van der Waals surface area (Å²) in [4.78, 5) is 29.9. The van der Waals surface area contributed by atoms with Crippen molar-refractivity contribution in [2.24, 2.45) is 0 Å². The number of alkyl carbamates (subject to hydrolysis) is 1. The number of piperazine rings is 1. The first-order valence-corrected chi connectivity index (χ1v) is 12.2. The molecule has 1 N–H and O–H groups in total. The number of ether oxygens (including phenoxy) is 1. The average molecular weight is 488 g/mol. The molecule has 1 aliphatic rings. The maximum absolute atomic E-state index is 13.5. The molecule has 2 heterocycles. The minimum atomic E-state index is -0.709. The zero-order chi connectivity index (χ0) is 25.5. The lowest BCUT2D eigenvalue weighted by molar-refractivity contribution is -0.133. The summed E-state index contributed by atoms with van der Waals surface area (Å²) in [6, 6.07) is 22.8. The Bertz CT molecular complexity index is 1140. The highest BCUT2D eigenvalue weighted by Crippen LogP contribution is 2.19. The van der Waals surface area contributed by atoms with Gasteiger partial charge in [0.2, 0.25) is 5.91 Å². The van der Waals surface area contributed by atoms with E-state index in [1.165, 1.54) is 0 Å². The third-order valence-corrected chi connectivity index (χ3v) is 5.91. The number of hydrogen-bond donors (Lipinski definition) is 1. The second-order valence-corrected chi connectivity index (χ2v) is 9.84. The molecule has 36 heavy (non-hydrogen) atoms. The average Bonchev–Trinajstić information content (AvgIpc) is 2.88. The zero-order valence-electron chi connectivity index (χ0n) is 21.1. The summed E-state index contributed by atoms with van der Waals surface area (Å²) < 4.78 is 5.42. The fourth-order valence-corrected chi connectivity index (χ4v) is 4.13. The van der Waals surface area contributed by atoms with Crippen molar-refractivity contribution in [3.8, 4) is 11.3 Å². The summed E-state index contributed by atoms with van der Waals surface area (Å²) in [6.45, 7) is 7.73. The van der Waals surface area contributed by atoms with Crippen LogP contribution in [0, 0.1) is 0 Å². The molecule has 1 fully saturated rings. The van der Waals surface area contributed by atoms with Gasteiger partial charge in [0, 0.05) is 38.2 Å². The maximum atomic E-state index is 13.5. The van der Waals surface area contributed by atoms with E-state index in [4.69, 9.17) is 4.74 Å². The molecule has 0 aliphatic carbocycles. The number of carbonyl (C=O) groups is 2. The number of nitrogens with one attached hydrogen (secondary N) is 1. The van der Waals surface area contributed by atoms with Gasteiger partial charge in [-0.1, -0.05) is 60.7 Å². The Kier molecular flexibility index (Phi) is 7.83. The van der Waals surface area contributed by atoms with Crippen LogP contribution in [-0.2, 0) is 16.0 Å². The Balaban J connectivity index is 1.39. The number of benzene rings is 2. The van der Waals surface area contributed by atoms with E-state index in [1.807, 2.05) is 72.8 Å². The number of carbonyl (C=O) groups excluding carboxylic acids is 2. The van der Waals surface area contributed by atoms with Gasteiger partial charge < -0.3 is 19.9 Å². The van der Waals surface area contributed by atoms with Crippen LogP contribution in [0.3, 0.4) is 0 Å². The predicted octanol–water partition coefficient (Wildman–Crippen LogP) is 3.93. The molecular weight excluding hydrogens is 454 g/mol. The molecule has 1 aromatic heterocycles. The van der Waals surface area contributed by atoms with Gasteiger partial charge in [0.15, 0.2) is 5.82 Å². The summed E-state index contributed by atoms with van der Waals surface area (Å²) in [5.41, 5.74) is 2.17. The molecule has 3 aromatic rings. The fraction of sp³-hybridized carbons (Fsp3) is 0.357. The van der Waals surface area contributed by atoms with Crippen molar-refractivity contribution < 1.29 is 14.3 Å². The smallest absolute Gasteiger partial charge is 0.408 e. The number of amides is 2. The molecule has 0 radical (unpaired) electrons. The Labute approximate surface area is 212 Å². The monoisotopic (exact) mass is 487 g/mol. The van der Waals surface area contributed by atoms with Gasteiger partial charge in [0.1, 0.15) is 11.6 Å². The highest BCUT2D eigenvalue weighted by atomic mass is 16.6. The van der Waals surface area contributed by atoms with Crippen molar-refractivity contribution in [2.45, 2.75) is 38.8 Å². The summed E-state index contributed by atoms with van der Waals surface area (Å²) in [5, 5.41) is 11.6. The summed E-state index contributed by atoms with van der Waals surface area (Å²) in [7, 11) is 0. The lowest BCUT2D eigenvalue weighted by atomic mass is 10.0. The molecule has 2 aromatic carbocycles. The largest absolute Gasteiger partial charge is 0.444 e. The first kappa shape index (κ1) is 25.2. The standard InChI is InChI=1S/C28H33N5O3/c1-28(2,3)36-27(35)29-24(20-21-10-6-4-7-11-21)26(34)33-18-16-32(17-19-33)25-15-14-23(30-31-25)22-12-8-5-9-13-22/h4-15,24H,16-20H2,1-3H3,(H,29,35). The van der Waals surface area contributed by atoms with Crippen LogP contribution in [0.25, 0.3) is 11.3 Å². The second kappa shape index (κ2) is 11.2. The van der Waals surface area contributed by atoms with E-state index in [9.17, 15) is 9.59 Å². The molecule has 8 heteroatoms. The van der Waals surface area contributed by atoms with Gasteiger partial charge in [-0.3, -0.25) is 4.79 Å². The highest BCUT2D eigenvalue weighted by Gasteiger charge is 2.30. The lowest BCUT2D eigenvalue weighted by Crippen LogP contribution is -2.56. The van der Waals surface area contributed by atoms with Gasteiger partial charge in [-0.25, -0.2) is 4.79 Å². The number of nitrogens with zero attached hydrogens (tertiary/aromatic N) is 4. The SMILES string of the molecule is CC(C)(C)OC(=O)NC(Cc1ccccc1)C(=O)N1CCN(c2ccc(-c3ccccc3)nn2)CC1. The van der Waals surface area contributed by atoms with E-state index < -0.39 is 17.7 Å². The van der Waals surface area contributed by atoms with Crippen molar-refractivity contribution in [2.75, 3.05) is 31.1 Å². The lowest BCUT2D eigenvalue weighted by Gasteiger charge is -2.37. The van der Waals surface area contributed by atoms with Crippen LogP contribution in [0.2, 0.25) is 0 Å². The molecule has 1 saturated heterocycles. The third kappa shape index (κ3) is 6.81. The second-order valence-electron chi connectivity index (χ2n) is 9.84. The molecule has 2 amide bonds. The molecule has 1 unspecified atom stereocenters. The summed E-state index contributed by atoms with van der Waals surface area (Å²) in [6.07, 6.45) is -0.199. The first-order valence-electron chi connectivity index (χ1n) is 12.2. The predicted molar refractivity (Wildman–Crippen MR) is 140 cm³/mol. The zero-order valence-corrected chi connectivity index (χ0v) is 21.1. The van der Waals surface area contributed by atoms with E-state index in [0.29, 0.717) is 32.6 Å². The third-order valence-electron chi connectivity index (χ3n) is 5.91. The van der Waals surface area contributed by atoms with Gasteiger partial charge in [-0.15, -0.1) is 10.2 Å². The van der Waals surface area contributed by atoms with Crippen LogP contribution in [0.15, 0.2) is 72.8 Å². The molecular formula is C28H33N5O3. The van der Waals surface area contributed by atoms with Crippen molar-refractivity contribution in [3.63, 3.8) is 0 Å². The highest BCUT2D eigenvalue weighted by molar-refractivity contribution is 5.86. The first-order chi connectivity index (χ1) is 17.3. The molecule has 1 atom stereocenters. The van der Waals surface area contributed by atoms with Gasteiger partial charge in [-0.05, 0) is 38.5 Å². The van der Waals surface area contributed by atoms with Crippen LogP contribution in [-0.4, -0.2) is 64.9 Å². The maximum Gasteiger partial charge on any atom is 0.408 e. The van der Waals surface area contributed by atoms with Crippen LogP contribution >= 0.6 is 0 Å². The van der Waals surface area contributed by atoms with E-state index in [2.05, 4.69) is 20.4 Å². The molecule has 0 saturated carbocycles. The number of anilines is 1. The minimum absolute atomic E-state index is 0.116. The fourth-order valence-electron chi connectivity index (χ4n) is 4.13. The van der Waals surface area contributed by atoms with Crippen LogP contribution < -0.4 is 10.2 Å². The van der Waals surface area contributed by atoms with Crippen LogP contribution in [0.1, 0.15) is 26.3 Å². The normalized spacial score (nSPS) is 14.8. The van der Waals surface area contributed by atoms with Crippen molar-refractivity contribution in [1.82, 2.24) is 20.4 Å². The molecule has 0 spiro atoms. The van der Waals surface area contributed by atoms with Crippen molar-refractivity contribution in [1.29, 1.82) is 0 Å². The topological polar surface area (TPSA) is 87.7 Å². The summed E-state index contributed by atoms with van der Waals surface area (Å²) in [5.74, 6) is 0.671. The summed E-state index contributed by atoms with van der Waals surface area (Å²) >= 11 is 0. The van der Waals surface area contributed by atoms with Gasteiger partial charge in [-0.2, -0.15) is 0 Å². The van der Waals surface area contributed by atoms with Gasteiger partial charge in [0.05, 0.1) is 5.69 Å². The van der Waals surface area contributed by atoms with E-state index in [0.717, 1.165) is 22.6 Å². The van der Waals surface area contributed by atoms with Gasteiger partial charge in [0.25, 0.3) is 0 Å². The number of hydrogen-bond acceptors (Lipinski definition) is 6. The number of aromatic nitrogens is 2. The van der Waals surface area contributed by atoms with Crippen LogP contribution in [0.5, 0.6) is 0 Å².